The average molecular weight is 426 g/mol. The van der Waals surface area contributed by atoms with Gasteiger partial charge in [0.2, 0.25) is 0 Å². The minimum absolute atomic E-state index is 0. The number of anilines is 1. The molecule has 1 unspecified atom stereocenters. The molecule has 4 rings (SSSR count). The molecule has 3 aromatic rings. The molecule has 0 aliphatic carbocycles. The normalized spacial score (nSPS) is 17.4. The van der Waals surface area contributed by atoms with E-state index in [0.717, 1.165) is 25.1 Å². The van der Waals surface area contributed by atoms with Crippen molar-refractivity contribution in [1.29, 1.82) is 0 Å². The Balaban J connectivity index is 0.00000256. The first-order valence-electron chi connectivity index (χ1n) is 10.3. The number of carboxylic acid groups (broad SMARTS) is 1. The topological polar surface area (TPSA) is 49.8 Å². The van der Waals surface area contributed by atoms with Crippen molar-refractivity contribution in [3.63, 3.8) is 0 Å². The van der Waals surface area contributed by atoms with Crippen molar-refractivity contribution in [2.24, 2.45) is 0 Å². The Kier molecular flexibility index (Phi) is 7.35. The molecule has 30 heavy (non-hydrogen) atoms. The Bertz CT molecular complexity index is 984. The number of benzene rings is 3. The smallest absolute Gasteiger partial charge is 0.335 e. The van der Waals surface area contributed by atoms with E-state index in [1.54, 1.807) is 12.1 Å². The Morgan fingerprint density at radius 2 is 1.83 bits per heavy atom. The summed E-state index contributed by atoms with van der Waals surface area (Å²) in [6.45, 7) is 4.55. The molecule has 1 fully saturated rings. The van der Waals surface area contributed by atoms with Crippen molar-refractivity contribution >= 4 is 34.8 Å². The van der Waals surface area contributed by atoms with E-state index in [4.69, 9.17) is 9.84 Å². The fraction of sp³-hybridized carbons (Fsp3) is 0.320. The summed E-state index contributed by atoms with van der Waals surface area (Å²) in [5, 5.41) is 11.8. The molecule has 0 bridgehead atoms. The van der Waals surface area contributed by atoms with E-state index >= 15 is 0 Å². The molecule has 158 valence electrons. The van der Waals surface area contributed by atoms with E-state index in [1.807, 2.05) is 12.1 Å². The maximum absolute atomic E-state index is 11.1. The first kappa shape index (κ1) is 22.1. The maximum Gasteiger partial charge on any atom is 0.335 e. The number of carboxylic acids is 1. The van der Waals surface area contributed by atoms with Crippen LogP contribution in [0.2, 0.25) is 0 Å². The molecule has 2 atom stereocenters. The Labute approximate surface area is 183 Å². The summed E-state index contributed by atoms with van der Waals surface area (Å²) in [5.41, 5.74) is 2.79. The van der Waals surface area contributed by atoms with E-state index in [2.05, 4.69) is 54.3 Å². The number of fused-ring (bicyclic) bond motifs is 1. The van der Waals surface area contributed by atoms with Crippen molar-refractivity contribution in [2.75, 3.05) is 24.7 Å². The minimum Gasteiger partial charge on any atom is -0.478 e. The van der Waals surface area contributed by atoms with Gasteiger partial charge in [0, 0.05) is 12.2 Å². The molecule has 4 nitrogen and oxygen atoms in total. The third-order valence-corrected chi connectivity index (χ3v) is 5.96. The summed E-state index contributed by atoms with van der Waals surface area (Å²) in [7, 11) is 0. The van der Waals surface area contributed by atoms with Crippen LogP contribution in [0.4, 0.5) is 5.69 Å². The summed E-state index contributed by atoms with van der Waals surface area (Å²) in [6, 6.07) is 22.6. The van der Waals surface area contributed by atoms with Crippen LogP contribution in [0.5, 0.6) is 0 Å². The Morgan fingerprint density at radius 1 is 1.10 bits per heavy atom. The molecule has 0 radical (unpaired) electrons. The highest BCUT2D eigenvalue weighted by atomic mass is 35.5. The van der Waals surface area contributed by atoms with Gasteiger partial charge in [0.25, 0.3) is 0 Å². The lowest BCUT2D eigenvalue weighted by Gasteiger charge is -2.38. The number of rotatable bonds is 6. The summed E-state index contributed by atoms with van der Waals surface area (Å²) >= 11 is 0. The second-order valence-electron chi connectivity index (χ2n) is 7.82. The van der Waals surface area contributed by atoms with Gasteiger partial charge in [-0.3, -0.25) is 0 Å². The molecule has 0 amide bonds. The van der Waals surface area contributed by atoms with Gasteiger partial charge in [0.15, 0.2) is 0 Å². The summed E-state index contributed by atoms with van der Waals surface area (Å²) in [6.07, 6.45) is 2.11. The highest BCUT2D eigenvalue weighted by Crippen LogP contribution is 2.31. The second kappa shape index (κ2) is 9.96. The van der Waals surface area contributed by atoms with Crippen LogP contribution >= 0.6 is 12.4 Å². The Morgan fingerprint density at radius 3 is 2.60 bits per heavy atom. The van der Waals surface area contributed by atoms with Gasteiger partial charge in [-0.05, 0) is 59.4 Å². The van der Waals surface area contributed by atoms with Gasteiger partial charge in [-0.25, -0.2) is 4.79 Å². The molecule has 0 saturated carbocycles. The van der Waals surface area contributed by atoms with Crippen LogP contribution in [0.15, 0.2) is 66.7 Å². The number of nitrogens with zero attached hydrogens (tertiary/aromatic N) is 1. The van der Waals surface area contributed by atoms with Crippen molar-refractivity contribution in [3.05, 3.63) is 77.9 Å². The molecular formula is C25H28ClNO3. The van der Waals surface area contributed by atoms with Crippen LogP contribution in [0.3, 0.4) is 0 Å². The molecule has 1 aliphatic heterocycles. The second-order valence-corrected chi connectivity index (χ2v) is 7.82. The van der Waals surface area contributed by atoms with E-state index in [1.165, 1.54) is 16.3 Å². The van der Waals surface area contributed by atoms with E-state index in [-0.39, 0.29) is 12.4 Å². The van der Waals surface area contributed by atoms with Gasteiger partial charge < -0.3 is 14.7 Å². The zero-order chi connectivity index (χ0) is 20.2. The quantitative estimate of drug-likeness (QED) is 0.546. The van der Waals surface area contributed by atoms with Crippen LogP contribution in [-0.4, -0.2) is 36.9 Å². The monoisotopic (exact) mass is 425 g/mol. The number of ether oxygens (including phenoxy) is 1. The number of hydrogen-bond acceptors (Lipinski definition) is 3. The van der Waals surface area contributed by atoms with Crippen LogP contribution < -0.4 is 4.90 Å². The molecule has 1 heterocycles. The zero-order valence-corrected chi connectivity index (χ0v) is 18.0. The van der Waals surface area contributed by atoms with Gasteiger partial charge in [-0.15, -0.1) is 12.4 Å². The molecule has 1 saturated heterocycles. The summed E-state index contributed by atoms with van der Waals surface area (Å²) < 4.78 is 5.77. The summed E-state index contributed by atoms with van der Waals surface area (Å²) in [4.78, 5) is 13.5. The lowest BCUT2D eigenvalue weighted by molar-refractivity contribution is 0.0696. The van der Waals surface area contributed by atoms with Crippen molar-refractivity contribution in [3.8, 4) is 0 Å². The SMILES string of the molecule is C[C@@H](CCC1COCCN1c1ccc(C(=O)O)cc1)c1cccc2ccccc12.Cl. The van der Waals surface area contributed by atoms with Crippen LogP contribution in [-0.2, 0) is 4.74 Å². The van der Waals surface area contributed by atoms with Crippen molar-refractivity contribution in [1.82, 2.24) is 0 Å². The fourth-order valence-electron chi connectivity index (χ4n) is 4.31. The van der Waals surface area contributed by atoms with Gasteiger partial charge in [0.1, 0.15) is 0 Å². The largest absolute Gasteiger partial charge is 0.478 e. The molecule has 1 N–H and O–H groups in total. The number of morpholine rings is 1. The first-order chi connectivity index (χ1) is 14.1. The lowest BCUT2D eigenvalue weighted by atomic mass is 9.90. The van der Waals surface area contributed by atoms with Gasteiger partial charge in [0.05, 0.1) is 24.8 Å². The third kappa shape index (κ3) is 4.77. The molecule has 0 spiro atoms. The molecule has 5 heteroatoms. The number of hydrogen-bond donors (Lipinski definition) is 1. The molecular weight excluding hydrogens is 398 g/mol. The standard InChI is InChI=1S/C25H27NO3.ClH/c1-18(23-8-4-6-19-5-2-3-7-24(19)23)9-12-22-17-29-16-15-26(22)21-13-10-20(11-14-21)25(27)28;/h2-8,10-11,13-14,18,22H,9,12,15-17H2,1H3,(H,27,28);1H/t18-,22?;/m0./s1. The fourth-order valence-corrected chi connectivity index (χ4v) is 4.31. The Hall–Kier alpha value is -2.56. The predicted molar refractivity (Wildman–Crippen MR) is 124 cm³/mol. The third-order valence-electron chi connectivity index (χ3n) is 5.96. The minimum atomic E-state index is -0.890. The molecule has 1 aliphatic rings. The van der Waals surface area contributed by atoms with Gasteiger partial charge in [-0.2, -0.15) is 0 Å². The highest BCUT2D eigenvalue weighted by Gasteiger charge is 2.24. The molecule has 3 aromatic carbocycles. The van der Waals surface area contributed by atoms with Gasteiger partial charge >= 0.3 is 5.97 Å². The number of aromatic carboxylic acids is 1. The van der Waals surface area contributed by atoms with Crippen LogP contribution in [0.25, 0.3) is 10.8 Å². The average Bonchev–Trinajstić information content (AvgIpc) is 2.77. The van der Waals surface area contributed by atoms with E-state index in [9.17, 15) is 4.79 Å². The lowest BCUT2D eigenvalue weighted by Crippen LogP contribution is -2.45. The zero-order valence-electron chi connectivity index (χ0n) is 17.2. The highest BCUT2D eigenvalue weighted by molar-refractivity contribution is 5.88. The van der Waals surface area contributed by atoms with Gasteiger partial charge in [-0.1, -0.05) is 49.4 Å². The van der Waals surface area contributed by atoms with Crippen LogP contribution in [0, 0.1) is 0 Å². The van der Waals surface area contributed by atoms with E-state index in [0.29, 0.717) is 30.7 Å². The number of halogens is 1. The predicted octanol–water partition coefficient (Wildman–Crippen LogP) is 5.75. The molecule has 0 aromatic heterocycles. The van der Waals surface area contributed by atoms with Crippen LogP contribution in [0.1, 0.15) is 41.6 Å². The first-order valence-corrected chi connectivity index (χ1v) is 10.3. The summed E-state index contributed by atoms with van der Waals surface area (Å²) in [5.74, 6) is -0.432. The van der Waals surface area contributed by atoms with E-state index < -0.39 is 5.97 Å². The number of carbonyl (C=O) groups is 1. The van der Waals surface area contributed by atoms with Crippen molar-refractivity contribution < 1.29 is 14.6 Å². The maximum atomic E-state index is 11.1. The van der Waals surface area contributed by atoms with Crippen molar-refractivity contribution in [2.45, 2.75) is 31.7 Å².